The second-order valence-corrected chi connectivity index (χ2v) is 6.21. The highest BCUT2D eigenvalue weighted by molar-refractivity contribution is 5.91. The molecule has 0 heterocycles. The number of carbonyl (C=O) groups excluding carboxylic acids is 1. The van der Waals surface area contributed by atoms with Crippen LogP contribution in [0.4, 0.5) is 0 Å². The van der Waals surface area contributed by atoms with Crippen LogP contribution in [0.15, 0.2) is 42.5 Å². The Labute approximate surface area is 135 Å². The van der Waals surface area contributed by atoms with Crippen LogP contribution in [0.2, 0.25) is 0 Å². The Kier molecular flexibility index (Phi) is 4.33. The molecule has 0 bridgehead atoms. The van der Waals surface area contributed by atoms with Gasteiger partial charge >= 0.3 is 5.97 Å². The Morgan fingerprint density at radius 2 is 1.96 bits per heavy atom. The maximum Gasteiger partial charge on any atom is 0.326 e. The van der Waals surface area contributed by atoms with E-state index < -0.39 is 12.0 Å². The summed E-state index contributed by atoms with van der Waals surface area (Å²) in [5, 5.41) is 14.2. The van der Waals surface area contributed by atoms with E-state index in [0.717, 1.165) is 12.8 Å². The van der Waals surface area contributed by atoms with Gasteiger partial charge in [0.25, 0.3) is 0 Å². The molecule has 0 spiro atoms. The van der Waals surface area contributed by atoms with Crippen molar-refractivity contribution in [3.8, 4) is 0 Å². The van der Waals surface area contributed by atoms with Gasteiger partial charge in [0.2, 0.25) is 5.91 Å². The zero-order valence-electron chi connectivity index (χ0n) is 13.2. The molecule has 0 aromatic heterocycles. The molecule has 4 nitrogen and oxygen atoms in total. The van der Waals surface area contributed by atoms with Gasteiger partial charge < -0.3 is 10.4 Å². The number of carbonyl (C=O) groups is 2. The van der Waals surface area contributed by atoms with E-state index in [9.17, 15) is 9.59 Å². The third-order valence-corrected chi connectivity index (χ3v) is 4.54. The molecular formula is C19H21NO3. The highest BCUT2D eigenvalue weighted by Gasteiger charge is 2.45. The van der Waals surface area contributed by atoms with Crippen molar-refractivity contribution in [3.05, 3.63) is 48.0 Å². The molecule has 2 N–H and O–H groups in total. The average Bonchev–Trinajstić information content (AvgIpc) is 3.34. The highest BCUT2D eigenvalue weighted by Crippen LogP contribution is 2.49. The molecule has 4 heteroatoms. The average molecular weight is 311 g/mol. The minimum absolute atomic E-state index is 0.112. The van der Waals surface area contributed by atoms with Crippen molar-refractivity contribution < 1.29 is 14.7 Å². The van der Waals surface area contributed by atoms with Crippen molar-refractivity contribution in [1.29, 1.82) is 0 Å². The summed E-state index contributed by atoms with van der Waals surface area (Å²) in [5.41, 5.74) is 1.19. The van der Waals surface area contributed by atoms with Crippen LogP contribution in [0.1, 0.15) is 37.7 Å². The van der Waals surface area contributed by atoms with E-state index in [1.54, 1.807) is 0 Å². The predicted molar refractivity (Wildman–Crippen MR) is 89.3 cm³/mol. The molecule has 2 aromatic rings. The van der Waals surface area contributed by atoms with Gasteiger partial charge in [-0.15, -0.1) is 0 Å². The number of hydrogen-bond acceptors (Lipinski definition) is 2. The SMILES string of the molecule is CCCC(NC(=O)C1CC1c1cccc2ccccc12)C(=O)O. The van der Waals surface area contributed by atoms with Gasteiger partial charge in [-0.25, -0.2) is 4.79 Å². The minimum atomic E-state index is -0.956. The topological polar surface area (TPSA) is 66.4 Å². The first-order valence-electron chi connectivity index (χ1n) is 8.12. The fourth-order valence-electron chi connectivity index (χ4n) is 3.23. The Morgan fingerprint density at radius 3 is 2.70 bits per heavy atom. The molecule has 1 aliphatic carbocycles. The van der Waals surface area contributed by atoms with Crippen LogP contribution in [0.3, 0.4) is 0 Å². The van der Waals surface area contributed by atoms with E-state index in [4.69, 9.17) is 5.11 Å². The lowest BCUT2D eigenvalue weighted by Gasteiger charge is -2.13. The van der Waals surface area contributed by atoms with Crippen molar-refractivity contribution in [3.63, 3.8) is 0 Å². The van der Waals surface area contributed by atoms with E-state index in [1.165, 1.54) is 16.3 Å². The van der Waals surface area contributed by atoms with Gasteiger partial charge in [-0.3, -0.25) is 4.79 Å². The standard InChI is InChI=1S/C19H21NO3/c1-2-6-17(19(22)23)20-18(21)16-11-15(16)14-10-5-8-12-7-3-4-9-13(12)14/h3-5,7-10,15-17H,2,6,11H2,1H3,(H,20,21)(H,22,23). The number of amides is 1. The molecule has 3 atom stereocenters. The molecule has 0 radical (unpaired) electrons. The second kappa shape index (κ2) is 6.41. The molecule has 1 saturated carbocycles. The summed E-state index contributed by atoms with van der Waals surface area (Å²) in [7, 11) is 0. The monoisotopic (exact) mass is 311 g/mol. The highest BCUT2D eigenvalue weighted by atomic mass is 16.4. The summed E-state index contributed by atoms with van der Waals surface area (Å²) in [6, 6.07) is 13.5. The quantitative estimate of drug-likeness (QED) is 0.860. The fraction of sp³-hybridized carbons (Fsp3) is 0.368. The largest absolute Gasteiger partial charge is 0.480 e. The number of carboxylic acids is 1. The first kappa shape index (κ1) is 15.5. The zero-order valence-corrected chi connectivity index (χ0v) is 13.2. The Morgan fingerprint density at radius 1 is 1.22 bits per heavy atom. The van der Waals surface area contributed by atoms with Gasteiger partial charge in [0, 0.05) is 5.92 Å². The molecule has 1 fully saturated rings. The predicted octanol–water partition coefficient (Wildman–Crippen LogP) is 3.31. The molecule has 1 amide bonds. The van der Waals surface area contributed by atoms with E-state index in [1.807, 2.05) is 25.1 Å². The molecule has 3 rings (SSSR count). The number of nitrogens with one attached hydrogen (secondary N) is 1. The summed E-state index contributed by atoms with van der Waals surface area (Å²) in [4.78, 5) is 23.5. The van der Waals surface area contributed by atoms with Crippen LogP contribution in [0.25, 0.3) is 10.8 Å². The van der Waals surface area contributed by atoms with Gasteiger partial charge in [0.05, 0.1) is 0 Å². The second-order valence-electron chi connectivity index (χ2n) is 6.21. The van der Waals surface area contributed by atoms with E-state index in [2.05, 4.69) is 29.6 Å². The first-order valence-corrected chi connectivity index (χ1v) is 8.12. The summed E-state index contributed by atoms with van der Waals surface area (Å²) >= 11 is 0. The maximum absolute atomic E-state index is 12.3. The molecule has 0 saturated heterocycles. The molecule has 0 aliphatic heterocycles. The van der Waals surface area contributed by atoms with Crippen LogP contribution >= 0.6 is 0 Å². The summed E-state index contributed by atoms with van der Waals surface area (Å²) in [6.07, 6.45) is 1.99. The normalized spacial score (nSPS) is 20.9. The number of hydrogen-bond donors (Lipinski definition) is 2. The van der Waals surface area contributed by atoms with Crippen molar-refractivity contribution in [2.75, 3.05) is 0 Å². The molecule has 1 aliphatic rings. The molecule has 3 unspecified atom stereocenters. The van der Waals surface area contributed by atoms with Gasteiger partial charge in [-0.1, -0.05) is 55.8 Å². The summed E-state index contributed by atoms with van der Waals surface area (Å²) in [6.45, 7) is 1.91. The molecule has 23 heavy (non-hydrogen) atoms. The third-order valence-electron chi connectivity index (χ3n) is 4.54. The Balaban J connectivity index is 1.73. The molecule has 120 valence electrons. The maximum atomic E-state index is 12.3. The van der Waals surface area contributed by atoms with Crippen LogP contribution in [-0.2, 0) is 9.59 Å². The van der Waals surface area contributed by atoms with Crippen LogP contribution in [0, 0.1) is 5.92 Å². The van der Waals surface area contributed by atoms with Crippen molar-refractivity contribution >= 4 is 22.6 Å². The number of fused-ring (bicyclic) bond motifs is 1. The first-order chi connectivity index (χ1) is 11.1. The van der Waals surface area contributed by atoms with Crippen molar-refractivity contribution in [1.82, 2.24) is 5.32 Å². The Hall–Kier alpha value is -2.36. The lowest BCUT2D eigenvalue weighted by Crippen LogP contribution is -2.41. The van der Waals surface area contributed by atoms with Gasteiger partial charge in [-0.2, -0.15) is 0 Å². The third kappa shape index (κ3) is 3.21. The number of aliphatic carboxylic acids is 1. The van der Waals surface area contributed by atoms with Gasteiger partial charge in [-0.05, 0) is 35.1 Å². The van der Waals surface area contributed by atoms with Gasteiger partial charge in [0.15, 0.2) is 0 Å². The van der Waals surface area contributed by atoms with E-state index >= 15 is 0 Å². The van der Waals surface area contributed by atoms with Crippen LogP contribution < -0.4 is 5.32 Å². The summed E-state index contributed by atoms with van der Waals surface area (Å²) < 4.78 is 0. The lowest BCUT2D eigenvalue weighted by molar-refractivity contribution is -0.142. The summed E-state index contributed by atoms with van der Waals surface area (Å²) in [5.74, 6) is -1.01. The number of benzene rings is 2. The Bertz CT molecular complexity index is 735. The van der Waals surface area contributed by atoms with Crippen molar-refractivity contribution in [2.45, 2.75) is 38.1 Å². The van der Waals surface area contributed by atoms with Gasteiger partial charge in [0.1, 0.15) is 6.04 Å². The van der Waals surface area contributed by atoms with Crippen LogP contribution in [0.5, 0.6) is 0 Å². The zero-order chi connectivity index (χ0) is 16.4. The number of rotatable bonds is 6. The molecular weight excluding hydrogens is 290 g/mol. The molecule has 2 aromatic carbocycles. The number of carboxylic acid groups (broad SMARTS) is 1. The van der Waals surface area contributed by atoms with E-state index in [0.29, 0.717) is 6.42 Å². The lowest BCUT2D eigenvalue weighted by atomic mass is 10.00. The minimum Gasteiger partial charge on any atom is -0.480 e. The van der Waals surface area contributed by atoms with Crippen molar-refractivity contribution in [2.24, 2.45) is 5.92 Å². The fourth-order valence-corrected chi connectivity index (χ4v) is 3.23. The smallest absolute Gasteiger partial charge is 0.326 e. The van der Waals surface area contributed by atoms with Crippen LogP contribution in [-0.4, -0.2) is 23.0 Å². The van der Waals surface area contributed by atoms with E-state index in [-0.39, 0.29) is 17.7 Å².